The van der Waals surface area contributed by atoms with Gasteiger partial charge in [-0.2, -0.15) is 5.26 Å². The molecule has 3 heterocycles. The third kappa shape index (κ3) is 4.10. The molecule has 0 aromatic heterocycles. The van der Waals surface area contributed by atoms with E-state index >= 15 is 0 Å². The van der Waals surface area contributed by atoms with Crippen LogP contribution in [0, 0.1) is 17.2 Å². The van der Waals surface area contributed by atoms with Crippen LogP contribution in [0.25, 0.3) is 0 Å². The quantitative estimate of drug-likeness (QED) is 0.718. The maximum atomic E-state index is 12.1. The number of piperidine rings is 1. The van der Waals surface area contributed by atoms with Crippen molar-refractivity contribution >= 4 is 18.2 Å². The first kappa shape index (κ1) is 18.5. The number of nitrogens with zero attached hydrogens (tertiary/aromatic N) is 3. The van der Waals surface area contributed by atoms with Gasteiger partial charge in [0, 0.05) is 25.3 Å². The fraction of sp³-hybridized carbons (Fsp3) is 0.556. The molecular formula is C18H25N5O2S. The summed E-state index contributed by atoms with van der Waals surface area (Å²) in [6, 6.07) is 2.23. The van der Waals surface area contributed by atoms with Crippen molar-refractivity contribution in [3.8, 4) is 6.07 Å². The van der Waals surface area contributed by atoms with Crippen molar-refractivity contribution in [2.45, 2.75) is 45.8 Å². The summed E-state index contributed by atoms with van der Waals surface area (Å²) in [5.74, 6) is 0.432. The predicted molar refractivity (Wildman–Crippen MR) is 101 cm³/mol. The number of likely N-dealkylation sites (tertiary alicyclic amines) is 1. The molecule has 8 heteroatoms. The van der Waals surface area contributed by atoms with Gasteiger partial charge in [0.2, 0.25) is 0 Å². The highest BCUT2D eigenvalue weighted by Crippen LogP contribution is 2.37. The van der Waals surface area contributed by atoms with E-state index < -0.39 is 5.60 Å². The van der Waals surface area contributed by atoms with Crippen LogP contribution >= 0.6 is 12.1 Å². The number of nitriles is 1. The number of nitrogens with one attached hydrogen (secondary N) is 2. The maximum absolute atomic E-state index is 12.1. The minimum atomic E-state index is -0.507. The molecule has 1 saturated heterocycles. The van der Waals surface area contributed by atoms with E-state index in [-0.39, 0.29) is 12.1 Å². The van der Waals surface area contributed by atoms with E-state index in [0.29, 0.717) is 18.2 Å². The highest BCUT2D eigenvalue weighted by molar-refractivity contribution is 7.95. The van der Waals surface area contributed by atoms with Crippen LogP contribution in [0.3, 0.4) is 0 Å². The van der Waals surface area contributed by atoms with Gasteiger partial charge in [-0.05, 0) is 45.3 Å². The standard InChI is InChI=1S/C18H25N5O2S/c1-12-7-13(21-17(24)25-18(2,3)4)11-22(10-12)15-6-5-14(8-19)23-16(15)9-20-26-23/h5-6,9,12-13,20H,7,10-11H2,1-4H3,(H,21,24)/t12-,13+/m0/s1. The number of amides is 1. The van der Waals surface area contributed by atoms with Gasteiger partial charge >= 0.3 is 6.09 Å². The third-order valence-electron chi connectivity index (χ3n) is 4.27. The summed E-state index contributed by atoms with van der Waals surface area (Å²) in [5, 5.41) is 12.3. The fourth-order valence-corrected chi connectivity index (χ4v) is 4.10. The van der Waals surface area contributed by atoms with E-state index in [1.807, 2.05) is 43.4 Å². The first-order valence-corrected chi connectivity index (χ1v) is 9.54. The molecule has 2 N–H and O–H groups in total. The maximum Gasteiger partial charge on any atom is 0.407 e. The Labute approximate surface area is 159 Å². The van der Waals surface area contributed by atoms with Crippen LogP contribution in [0.1, 0.15) is 34.1 Å². The molecule has 3 rings (SSSR count). The molecule has 0 bridgehead atoms. The van der Waals surface area contributed by atoms with Gasteiger partial charge in [0.05, 0.1) is 23.5 Å². The number of alkyl carbamates (subject to hydrolysis) is 1. The van der Waals surface area contributed by atoms with Crippen LogP contribution in [0.2, 0.25) is 0 Å². The van der Waals surface area contributed by atoms with Crippen LogP contribution in [0.15, 0.2) is 35.4 Å². The number of carbonyl (C=O) groups is 1. The molecule has 0 aromatic carbocycles. The number of carbonyl (C=O) groups excluding carboxylic acids is 1. The second-order valence-corrected chi connectivity index (χ2v) is 8.62. The molecule has 7 nitrogen and oxygen atoms in total. The molecule has 1 amide bonds. The zero-order chi connectivity index (χ0) is 18.9. The Morgan fingerprint density at radius 3 is 2.85 bits per heavy atom. The Balaban J connectivity index is 1.73. The largest absolute Gasteiger partial charge is 0.444 e. The third-order valence-corrected chi connectivity index (χ3v) is 5.07. The van der Waals surface area contributed by atoms with Crippen molar-refractivity contribution in [2.75, 3.05) is 13.1 Å². The lowest BCUT2D eigenvalue weighted by Gasteiger charge is -2.41. The van der Waals surface area contributed by atoms with E-state index in [9.17, 15) is 10.1 Å². The van der Waals surface area contributed by atoms with Gasteiger partial charge < -0.3 is 19.7 Å². The molecule has 0 unspecified atom stereocenters. The minimum Gasteiger partial charge on any atom is -0.444 e. The summed E-state index contributed by atoms with van der Waals surface area (Å²) in [5.41, 5.74) is 2.12. The molecule has 26 heavy (non-hydrogen) atoms. The van der Waals surface area contributed by atoms with Crippen LogP contribution in [0.4, 0.5) is 4.79 Å². The number of hydrogen-bond acceptors (Lipinski definition) is 7. The monoisotopic (exact) mass is 375 g/mol. The summed E-state index contributed by atoms with van der Waals surface area (Å²) in [6.45, 7) is 9.38. The van der Waals surface area contributed by atoms with Gasteiger partial charge in [-0.25, -0.2) is 4.79 Å². The second-order valence-electron chi connectivity index (χ2n) is 7.84. The lowest BCUT2D eigenvalue weighted by Crippen LogP contribution is -2.51. The van der Waals surface area contributed by atoms with Gasteiger partial charge in [0.25, 0.3) is 0 Å². The normalized spacial score (nSPS) is 25.3. The molecule has 0 saturated carbocycles. The van der Waals surface area contributed by atoms with Crippen LogP contribution in [0.5, 0.6) is 0 Å². The lowest BCUT2D eigenvalue weighted by molar-refractivity contribution is 0.0467. The number of fused-ring (bicyclic) bond motifs is 1. The van der Waals surface area contributed by atoms with E-state index in [2.05, 4.69) is 27.9 Å². The summed E-state index contributed by atoms with van der Waals surface area (Å²) in [4.78, 5) is 14.4. The van der Waals surface area contributed by atoms with Crippen molar-refractivity contribution in [1.82, 2.24) is 19.2 Å². The highest BCUT2D eigenvalue weighted by atomic mass is 32.2. The Kier molecular flexibility index (Phi) is 5.10. The van der Waals surface area contributed by atoms with E-state index in [4.69, 9.17) is 4.74 Å². The SMILES string of the molecule is C[C@H]1C[C@@H](NC(=O)OC(C)(C)C)CN(C2=CC=C(C#N)N3SNC=C23)C1. The number of allylic oxidation sites excluding steroid dienone is 3. The number of hydrogen-bond donors (Lipinski definition) is 2. The zero-order valence-electron chi connectivity index (χ0n) is 15.6. The number of rotatable bonds is 2. The molecule has 0 radical (unpaired) electrons. The zero-order valence-corrected chi connectivity index (χ0v) is 16.4. The number of ether oxygens (including phenoxy) is 1. The minimum absolute atomic E-state index is 0.0203. The van der Waals surface area contributed by atoms with Crippen molar-refractivity contribution < 1.29 is 9.53 Å². The van der Waals surface area contributed by atoms with E-state index in [0.717, 1.165) is 24.4 Å². The first-order chi connectivity index (χ1) is 12.3. The summed E-state index contributed by atoms with van der Waals surface area (Å²) < 4.78 is 10.4. The topological polar surface area (TPSA) is 80.6 Å². The van der Waals surface area contributed by atoms with Gasteiger partial charge in [0.15, 0.2) is 0 Å². The summed E-state index contributed by atoms with van der Waals surface area (Å²) in [6.07, 6.45) is 6.27. The van der Waals surface area contributed by atoms with Gasteiger partial charge in [-0.15, -0.1) is 0 Å². The van der Waals surface area contributed by atoms with Crippen LogP contribution in [-0.4, -0.2) is 40.0 Å². The van der Waals surface area contributed by atoms with Crippen molar-refractivity contribution in [3.63, 3.8) is 0 Å². The molecule has 2 atom stereocenters. The van der Waals surface area contributed by atoms with Crippen molar-refractivity contribution in [1.29, 1.82) is 5.26 Å². The highest BCUT2D eigenvalue weighted by Gasteiger charge is 2.34. The average Bonchev–Trinajstić information content (AvgIpc) is 3.00. The van der Waals surface area contributed by atoms with Crippen LogP contribution in [-0.2, 0) is 4.74 Å². The Morgan fingerprint density at radius 1 is 1.38 bits per heavy atom. The molecule has 3 aliphatic rings. The Morgan fingerprint density at radius 2 is 2.15 bits per heavy atom. The van der Waals surface area contributed by atoms with E-state index in [1.54, 1.807) is 0 Å². The molecule has 0 spiro atoms. The van der Waals surface area contributed by atoms with Gasteiger partial charge in [-0.1, -0.05) is 6.92 Å². The smallest absolute Gasteiger partial charge is 0.407 e. The van der Waals surface area contributed by atoms with E-state index in [1.165, 1.54) is 12.1 Å². The molecule has 3 aliphatic heterocycles. The van der Waals surface area contributed by atoms with Crippen molar-refractivity contribution in [3.05, 3.63) is 35.4 Å². The van der Waals surface area contributed by atoms with Crippen LogP contribution < -0.4 is 10.0 Å². The molecular weight excluding hydrogens is 350 g/mol. The fourth-order valence-electron chi connectivity index (χ4n) is 3.39. The lowest BCUT2D eigenvalue weighted by atomic mass is 9.95. The Hall–Kier alpha value is -2.27. The average molecular weight is 375 g/mol. The first-order valence-electron chi connectivity index (χ1n) is 8.76. The molecule has 0 aliphatic carbocycles. The van der Waals surface area contributed by atoms with Gasteiger partial charge in [-0.3, -0.25) is 4.31 Å². The Bertz CT molecular complexity index is 716. The molecule has 0 aromatic rings. The van der Waals surface area contributed by atoms with Crippen molar-refractivity contribution in [2.24, 2.45) is 5.92 Å². The molecule has 140 valence electrons. The molecule has 1 fully saturated rings. The predicted octanol–water partition coefficient (Wildman–Crippen LogP) is 2.84. The second kappa shape index (κ2) is 7.16. The summed E-state index contributed by atoms with van der Waals surface area (Å²) in [7, 11) is 0. The summed E-state index contributed by atoms with van der Waals surface area (Å²) >= 11 is 1.39. The van der Waals surface area contributed by atoms with Gasteiger partial charge in [0.1, 0.15) is 17.4 Å².